The van der Waals surface area contributed by atoms with Gasteiger partial charge in [-0.2, -0.15) is 0 Å². The second-order valence-electron chi connectivity index (χ2n) is 6.57. The predicted molar refractivity (Wildman–Crippen MR) is 97.0 cm³/mol. The number of esters is 1. The molecule has 31 heavy (non-hydrogen) atoms. The first-order valence-electron chi connectivity index (χ1n) is 8.70. The molecule has 1 aromatic carbocycles. The number of aliphatic carboxylic acids is 1. The van der Waals surface area contributed by atoms with Gasteiger partial charge in [-0.15, -0.1) is 0 Å². The molecule has 2 amide bonds. The van der Waals surface area contributed by atoms with Gasteiger partial charge in [0, 0.05) is 12.5 Å². The summed E-state index contributed by atoms with van der Waals surface area (Å²) in [5.74, 6) is -4.59. The van der Waals surface area contributed by atoms with Gasteiger partial charge in [-0.05, 0) is 12.1 Å². The van der Waals surface area contributed by atoms with Crippen molar-refractivity contribution < 1.29 is 93.6 Å². The summed E-state index contributed by atoms with van der Waals surface area (Å²) < 4.78 is 35.2. The minimum Gasteiger partial charge on any atom is -0.543 e. The molecular formula is C18H17KN2O9S. The zero-order valence-electron chi connectivity index (χ0n) is 16.7. The van der Waals surface area contributed by atoms with E-state index >= 15 is 0 Å². The third-order valence-electron chi connectivity index (χ3n) is 4.43. The van der Waals surface area contributed by atoms with Crippen molar-refractivity contribution in [2.45, 2.75) is 18.3 Å². The predicted octanol–water partition coefficient (Wildman–Crippen LogP) is -5.28. The van der Waals surface area contributed by atoms with E-state index in [0.717, 1.165) is 6.92 Å². The van der Waals surface area contributed by atoms with Gasteiger partial charge in [0.2, 0.25) is 0 Å². The normalized spacial score (nSPS) is 21.2. The van der Waals surface area contributed by atoms with E-state index in [0.29, 0.717) is 10.6 Å². The number of carboxylic acid groups (broad SMARTS) is 1. The molecule has 0 bridgehead atoms. The molecule has 2 aliphatic rings. The molecular weight excluding hydrogens is 459 g/mol. The van der Waals surface area contributed by atoms with Crippen LogP contribution in [-0.4, -0.2) is 67.5 Å². The van der Waals surface area contributed by atoms with Crippen molar-refractivity contribution in [3.8, 4) is 5.75 Å². The number of β-lactam (4-membered cyclic amide) rings is 1. The number of rotatable bonds is 7. The molecule has 1 N–H and O–H groups in total. The Labute approximate surface area is 220 Å². The molecule has 1 fully saturated rings. The maximum Gasteiger partial charge on any atom is 1.00 e. The maximum atomic E-state index is 12.6. The van der Waals surface area contributed by atoms with E-state index < -0.39 is 69.7 Å². The SMILES string of the molecule is CC(=O)OCC1=C(C(=O)[O-])N2C(=O)[C@H](NC(=O)COc3ccccc3)[C@@H]2S(=O)(=O)C1.[K+]. The van der Waals surface area contributed by atoms with Gasteiger partial charge < -0.3 is 24.7 Å². The van der Waals surface area contributed by atoms with Crippen LogP contribution in [0.4, 0.5) is 0 Å². The Morgan fingerprint density at radius 2 is 1.87 bits per heavy atom. The topological polar surface area (TPSA) is 159 Å². The van der Waals surface area contributed by atoms with Gasteiger partial charge in [-0.3, -0.25) is 19.3 Å². The molecule has 3 rings (SSSR count). The van der Waals surface area contributed by atoms with Crippen LogP contribution in [0.1, 0.15) is 6.92 Å². The standard InChI is InChI=1S/C18H18N2O9S.K/c1-10(21)28-7-11-9-30(26,27)17-14(16(23)20(17)15(11)18(24)25)19-13(22)8-29-12-5-3-2-4-6-12;/h2-6,14,17H,7-9H2,1H3,(H,19,22)(H,24,25);/q;+1/p-1/t14-,17-;/m0./s1. The van der Waals surface area contributed by atoms with Crippen molar-refractivity contribution >= 4 is 33.6 Å². The third kappa shape index (κ3) is 5.53. The van der Waals surface area contributed by atoms with Crippen LogP contribution in [0.2, 0.25) is 0 Å². The molecule has 0 aromatic heterocycles. The van der Waals surface area contributed by atoms with Gasteiger partial charge in [0.1, 0.15) is 18.4 Å². The Hall–Kier alpha value is -1.77. The van der Waals surface area contributed by atoms with E-state index in [2.05, 4.69) is 10.1 Å². The molecule has 1 saturated heterocycles. The van der Waals surface area contributed by atoms with Crippen LogP contribution in [0.15, 0.2) is 41.6 Å². The number of para-hydroxylation sites is 1. The van der Waals surface area contributed by atoms with Crippen LogP contribution in [-0.2, 0) is 33.8 Å². The average Bonchev–Trinajstić information content (AvgIpc) is 2.68. The molecule has 0 radical (unpaired) electrons. The molecule has 2 heterocycles. The van der Waals surface area contributed by atoms with Crippen LogP contribution in [0.25, 0.3) is 0 Å². The van der Waals surface area contributed by atoms with Crippen LogP contribution >= 0.6 is 0 Å². The number of nitrogens with one attached hydrogen (secondary N) is 1. The van der Waals surface area contributed by atoms with E-state index in [1.807, 2.05) is 0 Å². The number of carbonyl (C=O) groups is 4. The molecule has 160 valence electrons. The van der Waals surface area contributed by atoms with E-state index in [-0.39, 0.29) is 57.0 Å². The second kappa shape index (κ2) is 10.2. The summed E-state index contributed by atoms with van der Waals surface area (Å²) in [6, 6.07) is 6.88. The van der Waals surface area contributed by atoms with Gasteiger partial charge >= 0.3 is 57.4 Å². The first-order valence-corrected chi connectivity index (χ1v) is 10.4. The summed E-state index contributed by atoms with van der Waals surface area (Å²) in [5.41, 5.74) is -0.959. The molecule has 0 aliphatic carbocycles. The number of amides is 2. The molecule has 0 unspecified atom stereocenters. The van der Waals surface area contributed by atoms with Crippen LogP contribution in [0.5, 0.6) is 5.75 Å². The Morgan fingerprint density at radius 3 is 2.45 bits per heavy atom. The van der Waals surface area contributed by atoms with E-state index in [4.69, 9.17) is 4.74 Å². The van der Waals surface area contributed by atoms with Gasteiger partial charge in [-0.25, -0.2) is 8.42 Å². The van der Waals surface area contributed by atoms with Gasteiger partial charge in [-0.1, -0.05) is 18.2 Å². The van der Waals surface area contributed by atoms with Crippen molar-refractivity contribution in [2.75, 3.05) is 19.0 Å². The van der Waals surface area contributed by atoms with Crippen molar-refractivity contribution in [1.82, 2.24) is 10.2 Å². The smallest absolute Gasteiger partial charge is 0.543 e. The van der Waals surface area contributed by atoms with E-state index in [1.54, 1.807) is 30.3 Å². The largest absolute Gasteiger partial charge is 1.00 e. The summed E-state index contributed by atoms with van der Waals surface area (Å²) in [4.78, 5) is 47.6. The monoisotopic (exact) mass is 476 g/mol. The van der Waals surface area contributed by atoms with Crippen molar-refractivity contribution in [2.24, 2.45) is 0 Å². The average molecular weight is 477 g/mol. The van der Waals surface area contributed by atoms with Gasteiger partial charge in [0.15, 0.2) is 21.8 Å². The molecule has 2 aliphatic heterocycles. The Morgan fingerprint density at radius 1 is 1.23 bits per heavy atom. The van der Waals surface area contributed by atoms with Crippen LogP contribution < -0.4 is 66.5 Å². The summed E-state index contributed by atoms with van der Waals surface area (Å²) in [7, 11) is -4.07. The number of hydrogen-bond donors (Lipinski definition) is 1. The zero-order valence-corrected chi connectivity index (χ0v) is 20.6. The van der Waals surface area contributed by atoms with Crippen LogP contribution in [0, 0.1) is 0 Å². The fourth-order valence-electron chi connectivity index (χ4n) is 3.19. The molecule has 1 aromatic rings. The minimum absolute atomic E-state index is 0. The number of fused-ring (bicyclic) bond motifs is 1. The Kier molecular flexibility index (Phi) is 8.41. The summed E-state index contributed by atoms with van der Waals surface area (Å²) in [5, 5.41) is 12.2. The summed E-state index contributed by atoms with van der Waals surface area (Å²) >= 11 is 0. The fourth-order valence-corrected chi connectivity index (χ4v) is 5.20. The quantitative estimate of drug-likeness (QED) is 0.230. The van der Waals surface area contributed by atoms with Gasteiger partial charge in [0.05, 0.1) is 17.4 Å². The number of benzene rings is 1. The number of carboxylic acids is 1. The Balaban J connectivity index is 0.00000341. The van der Waals surface area contributed by atoms with Crippen molar-refractivity contribution in [3.63, 3.8) is 0 Å². The maximum absolute atomic E-state index is 12.6. The number of nitrogens with zero attached hydrogens (tertiary/aromatic N) is 1. The number of carbonyl (C=O) groups excluding carboxylic acids is 4. The first kappa shape index (κ1) is 25.5. The molecule has 2 atom stereocenters. The fraction of sp³-hybridized carbons (Fsp3) is 0.333. The minimum atomic E-state index is -4.07. The van der Waals surface area contributed by atoms with Crippen molar-refractivity contribution in [1.29, 1.82) is 0 Å². The summed E-state index contributed by atoms with van der Waals surface area (Å²) in [6.45, 7) is -0.0188. The van der Waals surface area contributed by atoms with Gasteiger partial charge in [0.25, 0.3) is 11.8 Å². The molecule has 0 spiro atoms. The first-order chi connectivity index (χ1) is 14.1. The Bertz CT molecular complexity index is 1040. The van der Waals surface area contributed by atoms with Crippen molar-refractivity contribution in [3.05, 3.63) is 41.6 Å². The third-order valence-corrected chi connectivity index (χ3v) is 6.40. The molecule has 0 saturated carbocycles. The molecule has 13 heteroatoms. The number of hydrogen-bond acceptors (Lipinski definition) is 9. The van der Waals surface area contributed by atoms with Crippen LogP contribution in [0.3, 0.4) is 0 Å². The summed E-state index contributed by atoms with van der Waals surface area (Å²) in [6.07, 6.45) is 0. The zero-order chi connectivity index (χ0) is 22.1. The van der Waals surface area contributed by atoms with E-state index in [1.165, 1.54) is 0 Å². The van der Waals surface area contributed by atoms with E-state index in [9.17, 15) is 32.7 Å². The molecule has 11 nitrogen and oxygen atoms in total. The second-order valence-corrected chi connectivity index (χ2v) is 8.67. The number of ether oxygens (including phenoxy) is 2. The number of sulfone groups is 1.